The predicted molar refractivity (Wildman–Crippen MR) is 128 cm³/mol. The number of rotatable bonds is 9. The molecule has 2 heterocycles. The van der Waals surface area contributed by atoms with E-state index in [0.29, 0.717) is 23.3 Å². The van der Waals surface area contributed by atoms with Crippen molar-refractivity contribution in [1.82, 2.24) is 19.7 Å². The van der Waals surface area contributed by atoms with Gasteiger partial charge >= 0.3 is 0 Å². The molecule has 0 aliphatic rings. The SMILES string of the molecule is COCCCn1c(SCc2coc(-c3ccc(C)cc3C)n2)nnc1-c1ccccc1Cl. The van der Waals surface area contributed by atoms with Crippen molar-refractivity contribution in [2.45, 2.75) is 37.7 Å². The van der Waals surface area contributed by atoms with Crippen LogP contribution >= 0.6 is 23.4 Å². The van der Waals surface area contributed by atoms with Gasteiger partial charge in [-0.25, -0.2) is 4.98 Å². The van der Waals surface area contributed by atoms with Gasteiger partial charge in [-0.2, -0.15) is 0 Å². The number of halogens is 1. The summed E-state index contributed by atoms with van der Waals surface area (Å²) in [6, 6.07) is 13.9. The summed E-state index contributed by atoms with van der Waals surface area (Å²) in [5, 5.41) is 10.3. The van der Waals surface area contributed by atoms with Gasteiger partial charge in [0.1, 0.15) is 6.26 Å². The zero-order valence-electron chi connectivity index (χ0n) is 18.3. The number of oxazole rings is 1. The Labute approximate surface area is 197 Å². The van der Waals surface area contributed by atoms with Gasteiger partial charge in [0, 0.05) is 37.1 Å². The molecule has 2 aromatic carbocycles. The Balaban J connectivity index is 1.54. The van der Waals surface area contributed by atoms with Crippen LogP contribution in [0.5, 0.6) is 0 Å². The van der Waals surface area contributed by atoms with E-state index in [4.69, 9.17) is 20.8 Å². The highest BCUT2D eigenvalue weighted by atomic mass is 35.5. The second kappa shape index (κ2) is 10.3. The van der Waals surface area contributed by atoms with Gasteiger partial charge in [-0.1, -0.05) is 53.2 Å². The molecular weight excluding hydrogens is 444 g/mol. The lowest BCUT2D eigenvalue weighted by atomic mass is 10.1. The molecule has 0 atom stereocenters. The maximum absolute atomic E-state index is 6.42. The summed E-state index contributed by atoms with van der Waals surface area (Å²) in [7, 11) is 1.70. The summed E-state index contributed by atoms with van der Waals surface area (Å²) in [4.78, 5) is 4.68. The van der Waals surface area contributed by atoms with E-state index in [0.717, 1.165) is 46.3 Å². The van der Waals surface area contributed by atoms with E-state index in [1.54, 1.807) is 25.1 Å². The molecule has 4 aromatic rings. The van der Waals surface area contributed by atoms with E-state index in [2.05, 4.69) is 51.8 Å². The number of nitrogens with zero attached hydrogens (tertiary/aromatic N) is 4. The van der Waals surface area contributed by atoms with Gasteiger partial charge in [0.05, 0.1) is 10.7 Å². The van der Waals surface area contributed by atoms with Crippen LogP contribution in [-0.4, -0.2) is 33.5 Å². The predicted octanol–water partition coefficient (Wildman–Crippen LogP) is 6.20. The maximum atomic E-state index is 6.42. The van der Waals surface area contributed by atoms with Crippen molar-refractivity contribution >= 4 is 23.4 Å². The summed E-state index contributed by atoms with van der Waals surface area (Å²) in [5.74, 6) is 2.01. The highest BCUT2D eigenvalue weighted by molar-refractivity contribution is 7.98. The number of ether oxygens (including phenoxy) is 1. The number of methoxy groups -OCH3 is 1. The first-order valence-corrected chi connectivity index (χ1v) is 11.7. The molecule has 4 rings (SSSR count). The first-order chi connectivity index (χ1) is 15.6. The fourth-order valence-electron chi connectivity index (χ4n) is 3.49. The van der Waals surface area contributed by atoms with Crippen molar-refractivity contribution < 1.29 is 9.15 Å². The van der Waals surface area contributed by atoms with Crippen LogP contribution in [-0.2, 0) is 17.0 Å². The molecule has 8 heteroatoms. The minimum Gasteiger partial charge on any atom is -0.444 e. The summed E-state index contributed by atoms with van der Waals surface area (Å²) < 4.78 is 13.1. The van der Waals surface area contributed by atoms with Gasteiger partial charge in [-0.3, -0.25) is 0 Å². The molecule has 6 nitrogen and oxygen atoms in total. The van der Waals surface area contributed by atoms with Crippen molar-refractivity contribution in [1.29, 1.82) is 0 Å². The Morgan fingerprint density at radius 1 is 1.09 bits per heavy atom. The molecule has 0 aliphatic carbocycles. The quantitative estimate of drug-likeness (QED) is 0.215. The van der Waals surface area contributed by atoms with Crippen molar-refractivity contribution in [2.75, 3.05) is 13.7 Å². The summed E-state index contributed by atoms with van der Waals surface area (Å²) >= 11 is 8.00. The number of aryl methyl sites for hydroxylation is 2. The third kappa shape index (κ3) is 5.06. The van der Waals surface area contributed by atoms with Gasteiger partial charge in [0.25, 0.3) is 0 Å². The third-order valence-electron chi connectivity index (χ3n) is 5.07. The Morgan fingerprint density at radius 3 is 2.72 bits per heavy atom. The molecule has 2 aromatic heterocycles. The van der Waals surface area contributed by atoms with Crippen LogP contribution in [0.4, 0.5) is 0 Å². The Morgan fingerprint density at radius 2 is 1.94 bits per heavy atom. The Bertz CT molecular complexity index is 1200. The lowest BCUT2D eigenvalue weighted by Gasteiger charge is -2.10. The summed E-state index contributed by atoms with van der Waals surface area (Å²) in [6.07, 6.45) is 2.56. The van der Waals surface area contributed by atoms with Crippen LogP contribution < -0.4 is 0 Å². The molecule has 0 saturated heterocycles. The molecule has 32 heavy (non-hydrogen) atoms. The number of thioether (sulfide) groups is 1. The average molecular weight is 469 g/mol. The van der Waals surface area contributed by atoms with Crippen molar-refractivity contribution in [3.05, 3.63) is 70.6 Å². The molecular formula is C24H25ClN4O2S. The van der Waals surface area contributed by atoms with Gasteiger partial charge < -0.3 is 13.7 Å². The molecule has 0 saturated carbocycles. The molecule has 0 spiro atoms. The molecule has 0 amide bonds. The lowest BCUT2D eigenvalue weighted by molar-refractivity contribution is 0.189. The van der Waals surface area contributed by atoms with E-state index in [1.807, 2.05) is 24.3 Å². The number of aromatic nitrogens is 4. The van der Waals surface area contributed by atoms with Gasteiger partial charge in [0.2, 0.25) is 5.89 Å². The number of benzene rings is 2. The van der Waals surface area contributed by atoms with Gasteiger partial charge in [0.15, 0.2) is 11.0 Å². The number of hydrogen-bond acceptors (Lipinski definition) is 6. The normalized spacial score (nSPS) is 11.2. The highest BCUT2D eigenvalue weighted by Gasteiger charge is 2.17. The van der Waals surface area contributed by atoms with Crippen LogP contribution in [0, 0.1) is 13.8 Å². The zero-order chi connectivity index (χ0) is 22.5. The standard InChI is InChI=1S/C24H25ClN4O2S/c1-16-9-10-19(17(2)13-16)23-26-18(14-31-23)15-32-24-28-27-22(29(24)11-6-12-30-3)20-7-4-5-8-21(20)25/h4-5,7-10,13-14H,6,11-12,15H2,1-3H3. The molecule has 0 N–H and O–H groups in total. The largest absolute Gasteiger partial charge is 0.444 e. The minimum absolute atomic E-state index is 0.624. The fourth-order valence-corrected chi connectivity index (χ4v) is 4.56. The van der Waals surface area contributed by atoms with E-state index < -0.39 is 0 Å². The Hall–Kier alpha value is -2.61. The zero-order valence-corrected chi connectivity index (χ0v) is 19.9. The van der Waals surface area contributed by atoms with Crippen LogP contribution in [0.1, 0.15) is 23.2 Å². The highest BCUT2D eigenvalue weighted by Crippen LogP contribution is 2.31. The van der Waals surface area contributed by atoms with Crippen LogP contribution in [0.15, 0.2) is 58.3 Å². The second-order valence-electron chi connectivity index (χ2n) is 7.54. The van der Waals surface area contributed by atoms with E-state index in [-0.39, 0.29) is 0 Å². The lowest BCUT2D eigenvalue weighted by Crippen LogP contribution is -2.05. The van der Waals surface area contributed by atoms with Crippen molar-refractivity contribution in [2.24, 2.45) is 0 Å². The third-order valence-corrected chi connectivity index (χ3v) is 6.40. The maximum Gasteiger partial charge on any atom is 0.226 e. The van der Waals surface area contributed by atoms with Crippen LogP contribution in [0.2, 0.25) is 5.02 Å². The molecule has 0 aliphatic heterocycles. The molecule has 0 radical (unpaired) electrons. The van der Waals surface area contributed by atoms with Gasteiger partial charge in [-0.05, 0) is 44.0 Å². The second-order valence-corrected chi connectivity index (χ2v) is 8.88. The monoisotopic (exact) mass is 468 g/mol. The topological polar surface area (TPSA) is 66.0 Å². The summed E-state index contributed by atoms with van der Waals surface area (Å²) in [6.45, 7) is 5.54. The first-order valence-electron chi connectivity index (χ1n) is 10.4. The smallest absolute Gasteiger partial charge is 0.226 e. The number of hydrogen-bond donors (Lipinski definition) is 0. The van der Waals surface area contributed by atoms with Crippen LogP contribution in [0.25, 0.3) is 22.8 Å². The van der Waals surface area contributed by atoms with Crippen molar-refractivity contribution in [3.8, 4) is 22.8 Å². The minimum atomic E-state index is 0.624. The van der Waals surface area contributed by atoms with Crippen molar-refractivity contribution in [3.63, 3.8) is 0 Å². The Kier molecular flexibility index (Phi) is 7.29. The summed E-state index contributed by atoms with van der Waals surface area (Å²) in [5.41, 5.74) is 5.10. The first kappa shape index (κ1) is 22.6. The van der Waals surface area contributed by atoms with E-state index in [9.17, 15) is 0 Å². The van der Waals surface area contributed by atoms with Gasteiger partial charge in [-0.15, -0.1) is 10.2 Å². The average Bonchev–Trinajstić information content (AvgIpc) is 3.40. The molecule has 0 unspecified atom stereocenters. The fraction of sp³-hybridized carbons (Fsp3) is 0.292. The van der Waals surface area contributed by atoms with E-state index >= 15 is 0 Å². The molecule has 0 fully saturated rings. The molecule has 0 bridgehead atoms. The molecule has 166 valence electrons. The van der Waals surface area contributed by atoms with E-state index in [1.165, 1.54) is 5.56 Å². The van der Waals surface area contributed by atoms with Crippen LogP contribution in [0.3, 0.4) is 0 Å².